The van der Waals surface area contributed by atoms with Crippen molar-refractivity contribution in [2.75, 3.05) is 5.32 Å². The highest BCUT2D eigenvalue weighted by Gasteiger charge is 2.09. The maximum absolute atomic E-state index is 12.0. The van der Waals surface area contributed by atoms with Crippen molar-refractivity contribution >= 4 is 22.4 Å². The van der Waals surface area contributed by atoms with E-state index in [0.29, 0.717) is 11.6 Å². The van der Waals surface area contributed by atoms with Crippen LogP contribution in [0.25, 0.3) is 0 Å². The van der Waals surface area contributed by atoms with Gasteiger partial charge in [-0.2, -0.15) is 0 Å². The first-order valence-corrected chi connectivity index (χ1v) is 8.83. The second-order valence-corrected chi connectivity index (χ2v) is 6.54. The molecule has 3 aromatic rings. The Hall–Kier alpha value is -2.91. The number of pyridine rings is 1. The lowest BCUT2D eigenvalue weighted by Gasteiger charge is -2.00. The molecule has 0 saturated heterocycles. The van der Waals surface area contributed by atoms with E-state index in [4.69, 9.17) is 0 Å². The van der Waals surface area contributed by atoms with Crippen LogP contribution < -0.4 is 5.32 Å². The zero-order chi connectivity index (χ0) is 17.5. The molecule has 0 spiro atoms. The first-order chi connectivity index (χ1) is 12.2. The molecule has 6 heteroatoms. The van der Waals surface area contributed by atoms with Crippen LogP contribution in [0.1, 0.15) is 34.5 Å². The average Bonchev–Trinajstić information content (AvgIpc) is 3.24. The van der Waals surface area contributed by atoms with Gasteiger partial charge in [-0.1, -0.05) is 17.3 Å². The summed E-state index contributed by atoms with van der Waals surface area (Å²) in [6.07, 6.45) is 9.44. The van der Waals surface area contributed by atoms with Crippen LogP contribution in [0.2, 0.25) is 0 Å². The van der Waals surface area contributed by atoms with Gasteiger partial charge in [0.1, 0.15) is 4.88 Å². The van der Waals surface area contributed by atoms with Crippen molar-refractivity contribution < 1.29 is 4.79 Å². The molecule has 0 aliphatic carbocycles. The number of nitrogens with one attached hydrogen (secondary N) is 2. The highest BCUT2D eigenvalue weighted by Crippen LogP contribution is 2.22. The summed E-state index contributed by atoms with van der Waals surface area (Å²) in [5.41, 5.74) is 2.94. The molecule has 0 unspecified atom stereocenters. The Morgan fingerprint density at radius 2 is 2.12 bits per heavy atom. The third kappa shape index (κ3) is 5.03. The normalized spacial score (nSPS) is 10.1. The Morgan fingerprint density at radius 1 is 1.28 bits per heavy atom. The van der Waals surface area contributed by atoms with E-state index in [2.05, 4.69) is 32.1 Å². The van der Waals surface area contributed by atoms with Gasteiger partial charge in [-0.15, -0.1) is 0 Å². The number of H-pyrrole nitrogens is 1. The second kappa shape index (κ2) is 8.27. The van der Waals surface area contributed by atoms with Crippen LogP contribution in [0, 0.1) is 18.8 Å². The molecule has 2 N–H and O–H groups in total. The quantitative estimate of drug-likeness (QED) is 0.692. The summed E-state index contributed by atoms with van der Waals surface area (Å²) in [7, 11) is 0. The number of rotatable bonds is 5. The Labute approximate surface area is 150 Å². The first kappa shape index (κ1) is 16.9. The molecule has 3 aromatic heterocycles. The lowest BCUT2D eigenvalue weighted by molar-refractivity contribution is -0.116. The van der Waals surface area contributed by atoms with E-state index >= 15 is 0 Å². The van der Waals surface area contributed by atoms with Crippen molar-refractivity contribution in [3.63, 3.8) is 0 Å². The number of thiazole rings is 1. The van der Waals surface area contributed by atoms with E-state index in [1.807, 2.05) is 37.5 Å². The van der Waals surface area contributed by atoms with Gasteiger partial charge in [0.05, 0.1) is 5.69 Å². The number of aromatic nitrogens is 3. The van der Waals surface area contributed by atoms with Gasteiger partial charge in [-0.3, -0.25) is 9.78 Å². The van der Waals surface area contributed by atoms with E-state index in [9.17, 15) is 4.79 Å². The van der Waals surface area contributed by atoms with Gasteiger partial charge >= 0.3 is 0 Å². The van der Waals surface area contributed by atoms with Crippen molar-refractivity contribution in [1.29, 1.82) is 0 Å². The molecular formula is C19H18N4OS. The van der Waals surface area contributed by atoms with Crippen LogP contribution in [0.4, 0.5) is 5.13 Å². The minimum absolute atomic E-state index is 0.0158. The Balaban J connectivity index is 1.55. The summed E-state index contributed by atoms with van der Waals surface area (Å²) in [5, 5.41) is 3.46. The lowest BCUT2D eigenvalue weighted by Crippen LogP contribution is -2.11. The van der Waals surface area contributed by atoms with Crippen molar-refractivity contribution in [3.05, 3.63) is 64.7 Å². The minimum Gasteiger partial charge on any atom is -0.367 e. The molecule has 3 heterocycles. The molecule has 0 fully saturated rings. The third-order valence-electron chi connectivity index (χ3n) is 3.58. The molecule has 126 valence electrons. The number of amides is 1. The zero-order valence-electron chi connectivity index (χ0n) is 13.9. The van der Waals surface area contributed by atoms with Gasteiger partial charge in [0.2, 0.25) is 5.91 Å². The Kier molecular flexibility index (Phi) is 5.60. The summed E-state index contributed by atoms with van der Waals surface area (Å²) in [6.45, 7) is 1.90. The van der Waals surface area contributed by atoms with Crippen LogP contribution in [0.5, 0.6) is 0 Å². The van der Waals surface area contributed by atoms with E-state index < -0.39 is 0 Å². The fourth-order valence-electron chi connectivity index (χ4n) is 2.28. The van der Waals surface area contributed by atoms with Crippen molar-refractivity contribution in [1.82, 2.24) is 15.0 Å². The highest BCUT2D eigenvalue weighted by atomic mass is 32.1. The summed E-state index contributed by atoms with van der Waals surface area (Å²) in [5.74, 6) is 6.18. The van der Waals surface area contributed by atoms with Gasteiger partial charge < -0.3 is 10.3 Å². The number of hydrogen-bond donors (Lipinski definition) is 2. The first-order valence-electron chi connectivity index (χ1n) is 8.02. The molecule has 0 radical (unpaired) electrons. The second-order valence-electron chi connectivity index (χ2n) is 5.54. The molecular weight excluding hydrogens is 332 g/mol. The maximum atomic E-state index is 12.0. The molecule has 0 aliphatic heterocycles. The number of carbonyl (C=O) groups is 1. The number of anilines is 1. The topological polar surface area (TPSA) is 70.7 Å². The maximum Gasteiger partial charge on any atom is 0.226 e. The fourth-order valence-corrected chi connectivity index (χ4v) is 3.12. The Bertz CT molecular complexity index is 889. The fraction of sp³-hybridized carbons (Fsp3) is 0.211. The summed E-state index contributed by atoms with van der Waals surface area (Å²) in [6, 6.07) is 5.74. The predicted molar refractivity (Wildman–Crippen MR) is 99.4 cm³/mol. The largest absolute Gasteiger partial charge is 0.367 e. The number of hydrogen-bond acceptors (Lipinski definition) is 4. The summed E-state index contributed by atoms with van der Waals surface area (Å²) >= 11 is 1.40. The average molecular weight is 350 g/mol. The number of aromatic amines is 1. The number of carbonyl (C=O) groups excluding carboxylic acids is 1. The van der Waals surface area contributed by atoms with Gasteiger partial charge in [0.25, 0.3) is 0 Å². The monoisotopic (exact) mass is 350 g/mol. The lowest BCUT2D eigenvalue weighted by atomic mass is 10.1. The van der Waals surface area contributed by atoms with Crippen LogP contribution in [-0.2, 0) is 11.2 Å². The van der Waals surface area contributed by atoms with Gasteiger partial charge in [-0.05, 0) is 49.4 Å². The molecule has 0 bridgehead atoms. The van der Waals surface area contributed by atoms with E-state index in [1.54, 1.807) is 12.4 Å². The Morgan fingerprint density at radius 3 is 2.88 bits per heavy atom. The van der Waals surface area contributed by atoms with Crippen LogP contribution >= 0.6 is 11.3 Å². The van der Waals surface area contributed by atoms with Crippen molar-refractivity contribution in [2.24, 2.45) is 0 Å². The molecule has 0 aromatic carbocycles. The van der Waals surface area contributed by atoms with E-state index in [-0.39, 0.29) is 5.91 Å². The molecule has 3 rings (SSSR count). The SMILES string of the molecule is Cc1nc(NC(=O)CCCc2cc[nH]c2)sc1C#Cc1ccncc1. The molecule has 0 aliphatic rings. The van der Waals surface area contributed by atoms with Crippen LogP contribution in [0.3, 0.4) is 0 Å². The molecule has 25 heavy (non-hydrogen) atoms. The van der Waals surface area contributed by atoms with Gasteiger partial charge in [0.15, 0.2) is 5.13 Å². The molecule has 5 nitrogen and oxygen atoms in total. The number of aryl methyl sites for hydroxylation is 2. The standard InChI is InChI=1S/C19H18N4OS/c1-14-17(6-5-15-7-10-20-11-8-15)25-19(22-14)23-18(24)4-2-3-16-9-12-21-13-16/h7-13,21H,2-4H2,1H3,(H,22,23,24). The van der Waals surface area contributed by atoms with Crippen LogP contribution in [-0.4, -0.2) is 20.9 Å². The highest BCUT2D eigenvalue weighted by molar-refractivity contribution is 7.16. The van der Waals surface area contributed by atoms with E-state index in [1.165, 1.54) is 16.9 Å². The van der Waals surface area contributed by atoms with E-state index in [0.717, 1.165) is 29.0 Å². The predicted octanol–water partition coefficient (Wildman–Crippen LogP) is 3.54. The van der Waals surface area contributed by atoms with Crippen molar-refractivity contribution in [3.8, 4) is 11.8 Å². The minimum atomic E-state index is -0.0158. The van der Waals surface area contributed by atoms with Crippen molar-refractivity contribution in [2.45, 2.75) is 26.2 Å². The van der Waals surface area contributed by atoms with Crippen LogP contribution in [0.15, 0.2) is 43.0 Å². The third-order valence-corrected chi connectivity index (χ3v) is 4.56. The van der Waals surface area contributed by atoms with Gasteiger partial charge in [0, 0.05) is 36.8 Å². The summed E-state index contributed by atoms with van der Waals surface area (Å²) < 4.78 is 0. The molecule has 1 amide bonds. The molecule has 0 saturated carbocycles. The molecule has 0 atom stereocenters. The van der Waals surface area contributed by atoms with Gasteiger partial charge in [-0.25, -0.2) is 4.98 Å². The smallest absolute Gasteiger partial charge is 0.226 e. The zero-order valence-corrected chi connectivity index (χ0v) is 14.7. The number of nitrogens with zero attached hydrogens (tertiary/aromatic N) is 2. The summed E-state index contributed by atoms with van der Waals surface area (Å²) in [4.78, 5) is 24.3.